The van der Waals surface area contributed by atoms with Crippen LogP contribution in [0.25, 0.3) is 11.2 Å². The van der Waals surface area contributed by atoms with Gasteiger partial charge in [0.15, 0.2) is 16.6 Å². The van der Waals surface area contributed by atoms with Gasteiger partial charge in [0, 0.05) is 25.3 Å². The van der Waals surface area contributed by atoms with Crippen LogP contribution in [0, 0.1) is 0 Å². The van der Waals surface area contributed by atoms with Gasteiger partial charge in [0.2, 0.25) is 0 Å². The highest BCUT2D eigenvalue weighted by Crippen LogP contribution is 2.31. The lowest BCUT2D eigenvalue weighted by molar-refractivity contribution is 0.122. The first-order valence-electron chi connectivity index (χ1n) is 10.3. The highest BCUT2D eigenvalue weighted by molar-refractivity contribution is 7.98. The van der Waals surface area contributed by atoms with Crippen LogP contribution in [0.3, 0.4) is 0 Å². The Morgan fingerprint density at radius 2 is 2.06 bits per heavy atom. The number of amides is 1. The van der Waals surface area contributed by atoms with Gasteiger partial charge in [-0.3, -0.25) is 5.32 Å². The first-order chi connectivity index (χ1) is 15.6. The second-order valence-electron chi connectivity index (χ2n) is 7.10. The number of ether oxygens (including phenoxy) is 3. The summed E-state index contributed by atoms with van der Waals surface area (Å²) in [5, 5.41) is 3.32. The van der Waals surface area contributed by atoms with Gasteiger partial charge >= 0.3 is 6.09 Å². The van der Waals surface area contributed by atoms with Gasteiger partial charge in [0.1, 0.15) is 17.1 Å². The van der Waals surface area contributed by atoms with E-state index in [4.69, 9.17) is 19.2 Å². The highest BCUT2D eigenvalue weighted by Gasteiger charge is 2.20. The van der Waals surface area contributed by atoms with Crippen molar-refractivity contribution in [2.45, 2.75) is 24.3 Å². The number of morpholine rings is 1. The van der Waals surface area contributed by atoms with Gasteiger partial charge < -0.3 is 24.1 Å². The average molecular weight is 459 g/mol. The number of thioether (sulfide) groups is 1. The molecule has 0 spiro atoms. The maximum Gasteiger partial charge on any atom is 0.411 e. The number of carbonyl (C=O) groups excluding carboxylic acids is 1. The minimum absolute atomic E-state index is 0.544. The molecule has 2 aromatic heterocycles. The Hall–Kier alpha value is -3.05. The van der Waals surface area contributed by atoms with Gasteiger partial charge in [0.25, 0.3) is 0 Å². The Kier molecular flexibility index (Phi) is 6.96. The lowest BCUT2D eigenvalue weighted by Crippen LogP contribution is -2.37. The summed E-state index contributed by atoms with van der Waals surface area (Å²) in [6.07, 6.45) is 0.241. The number of rotatable bonds is 7. The molecule has 1 fully saturated rings. The van der Waals surface area contributed by atoms with E-state index in [0.717, 1.165) is 42.2 Å². The molecule has 4 rings (SSSR count). The van der Waals surface area contributed by atoms with Crippen molar-refractivity contribution in [1.82, 2.24) is 19.9 Å². The third-order valence-electron chi connectivity index (χ3n) is 5.06. The normalized spacial score (nSPS) is 13.9. The van der Waals surface area contributed by atoms with Crippen molar-refractivity contribution in [1.29, 1.82) is 0 Å². The summed E-state index contributed by atoms with van der Waals surface area (Å²) in [6, 6.07) is 5.61. The molecule has 0 unspecified atom stereocenters. The number of methoxy groups -OCH3 is 2. The molecule has 170 valence electrons. The van der Waals surface area contributed by atoms with Gasteiger partial charge in [-0.05, 0) is 17.7 Å². The molecule has 0 bridgehead atoms. The topological polar surface area (TPSA) is 114 Å². The quantitative estimate of drug-likeness (QED) is 0.407. The second-order valence-corrected chi connectivity index (χ2v) is 8.05. The highest BCUT2D eigenvalue weighted by atomic mass is 32.2. The monoisotopic (exact) mass is 458 g/mol. The number of H-pyrrole nitrogens is 1. The number of aromatic nitrogens is 4. The second kappa shape index (κ2) is 10.0. The Bertz CT molecular complexity index is 1100. The predicted octanol–water partition coefficient (Wildman–Crippen LogP) is 3.23. The van der Waals surface area contributed by atoms with E-state index >= 15 is 0 Å². The van der Waals surface area contributed by atoms with E-state index in [1.54, 1.807) is 7.11 Å². The van der Waals surface area contributed by atoms with E-state index in [9.17, 15) is 4.79 Å². The fourth-order valence-electron chi connectivity index (χ4n) is 3.40. The number of nitrogens with zero attached hydrogens (tertiary/aromatic N) is 4. The third kappa shape index (κ3) is 4.89. The van der Waals surface area contributed by atoms with Crippen LogP contribution in [-0.4, -0.2) is 66.6 Å². The number of benzene rings is 1. The molecule has 1 aromatic carbocycles. The fraction of sp³-hybridized carbons (Fsp3) is 0.429. The fourth-order valence-corrected chi connectivity index (χ4v) is 4.18. The van der Waals surface area contributed by atoms with Crippen LogP contribution < -0.4 is 15.0 Å². The molecule has 1 amide bonds. The molecule has 1 aliphatic heterocycles. The number of anilines is 2. The van der Waals surface area contributed by atoms with Gasteiger partial charge in [-0.15, -0.1) is 0 Å². The molecule has 3 heterocycles. The van der Waals surface area contributed by atoms with Crippen LogP contribution in [0.15, 0.2) is 23.4 Å². The molecule has 0 atom stereocenters. The van der Waals surface area contributed by atoms with Crippen molar-refractivity contribution in [2.24, 2.45) is 0 Å². The molecule has 0 aliphatic carbocycles. The number of carbonyl (C=O) groups is 1. The number of imidazole rings is 1. The molecule has 0 saturated carbocycles. The van der Waals surface area contributed by atoms with Crippen LogP contribution in [0.5, 0.6) is 5.75 Å². The summed E-state index contributed by atoms with van der Waals surface area (Å²) in [5.41, 5.74) is 3.06. The van der Waals surface area contributed by atoms with Gasteiger partial charge in [-0.25, -0.2) is 19.7 Å². The van der Waals surface area contributed by atoms with E-state index in [0.29, 0.717) is 41.2 Å². The molecular weight excluding hydrogens is 432 g/mol. The Morgan fingerprint density at radius 1 is 1.25 bits per heavy atom. The number of aromatic amines is 1. The molecule has 0 radical (unpaired) electrons. The van der Waals surface area contributed by atoms with E-state index in [-0.39, 0.29) is 0 Å². The summed E-state index contributed by atoms with van der Waals surface area (Å²) in [5.74, 6) is 2.91. The largest absolute Gasteiger partial charge is 0.495 e. The SMILES string of the molecule is CCc1nc2nc(SCc3ccc(OC)c(NC(=O)OC)c3)nc(N3CCOCC3)c2[nH]1. The maximum atomic E-state index is 11.6. The number of aryl methyl sites for hydroxylation is 1. The van der Waals surface area contributed by atoms with E-state index in [2.05, 4.69) is 32.1 Å². The molecule has 1 aliphatic rings. The standard InChI is InChI=1S/C21H26N6O4S/c1-4-16-23-17-18(24-16)25-20(26-19(17)27-7-9-31-10-8-27)32-12-13-5-6-15(29-2)14(11-13)22-21(28)30-3/h5-6,11H,4,7-10,12H2,1-3H3,(H,22,28)(H,23,24,25,26). The summed E-state index contributed by atoms with van der Waals surface area (Å²) in [4.78, 5) is 31.3. The number of fused-ring (bicyclic) bond motifs is 1. The van der Waals surface area contributed by atoms with Crippen molar-refractivity contribution in [3.8, 4) is 5.75 Å². The zero-order valence-corrected chi connectivity index (χ0v) is 19.1. The van der Waals surface area contributed by atoms with Crippen LogP contribution in [0.4, 0.5) is 16.3 Å². The molecule has 2 N–H and O–H groups in total. The summed E-state index contributed by atoms with van der Waals surface area (Å²) >= 11 is 1.51. The molecular formula is C21H26N6O4S. The third-order valence-corrected chi connectivity index (χ3v) is 5.98. The first kappa shape index (κ1) is 22.2. The smallest absolute Gasteiger partial charge is 0.411 e. The summed E-state index contributed by atoms with van der Waals surface area (Å²) in [7, 11) is 2.87. The lowest BCUT2D eigenvalue weighted by atomic mass is 10.2. The number of hydrogen-bond donors (Lipinski definition) is 2. The number of nitrogens with one attached hydrogen (secondary N) is 2. The predicted molar refractivity (Wildman–Crippen MR) is 123 cm³/mol. The van der Waals surface area contributed by atoms with E-state index in [1.165, 1.54) is 18.9 Å². The molecule has 11 heteroatoms. The van der Waals surface area contributed by atoms with Crippen molar-refractivity contribution >= 4 is 40.5 Å². The first-order valence-corrected chi connectivity index (χ1v) is 11.3. The van der Waals surface area contributed by atoms with E-state index in [1.807, 2.05) is 18.2 Å². The van der Waals surface area contributed by atoms with Crippen molar-refractivity contribution < 1.29 is 19.0 Å². The molecule has 3 aromatic rings. The van der Waals surface area contributed by atoms with Crippen molar-refractivity contribution in [3.63, 3.8) is 0 Å². The minimum Gasteiger partial charge on any atom is -0.495 e. The average Bonchev–Trinajstić information content (AvgIpc) is 3.26. The zero-order valence-electron chi connectivity index (χ0n) is 18.3. The minimum atomic E-state index is -0.553. The lowest BCUT2D eigenvalue weighted by Gasteiger charge is -2.28. The summed E-state index contributed by atoms with van der Waals surface area (Å²) in [6.45, 7) is 4.95. The van der Waals surface area contributed by atoms with Crippen molar-refractivity contribution in [2.75, 3.05) is 50.7 Å². The Balaban J connectivity index is 1.59. The van der Waals surface area contributed by atoms with Gasteiger partial charge in [0.05, 0.1) is 33.1 Å². The number of hydrogen-bond acceptors (Lipinski definition) is 9. The van der Waals surface area contributed by atoms with E-state index < -0.39 is 6.09 Å². The van der Waals surface area contributed by atoms with Gasteiger partial charge in [-0.1, -0.05) is 24.8 Å². The molecule has 10 nitrogen and oxygen atoms in total. The van der Waals surface area contributed by atoms with Crippen LogP contribution in [0.1, 0.15) is 18.3 Å². The Labute approximate surface area is 190 Å². The summed E-state index contributed by atoms with van der Waals surface area (Å²) < 4.78 is 15.5. The Morgan fingerprint density at radius 3 is 2.78 bits per heavy atom. The van der Waals surface area contributed by atoms with Gasteiger partial charge in [-0.2, -0.15) is 0 Å². The van der Waals surface area contributed by atoms with Crippen LogP contribution >= 0.6 is 11.8 Å². The molecule has 1 saturated heterocycles. The molecule has 32 heavy (non-hydrogen) atoms. The maximum absolute atomic E-state index is 11.6. The van der Waals surface area contributed by atoms with Crippen LogP contribution in [0.2, 0.25) is 0 Å². The zero-order chi connectivity index (χ0) is 22.5. The van der Waals surface area contributed by atoms with Crippen LogP contribution in [-0.2, 0) is 21.6 Å². The van der Waals surface area contributed by atoms with Crippen molar-refractivity contribution in [3.05, 3.63) is 29.6 Å².